The van der Waals surface area contributed by atoms with Crippen LogP contribution < -0.4 is 14.8 Å². The number of hydrogen-bond acceptors (Lipinski definition) is 4. The van der Waals surface area contributed by atoms with Gasteiger partial charge in [0, 0.05) is 29.0 Å². The zero-order valence-corrected chi connectivity index (χ0v) is 11.9. The largest absolute Gasteiger partial charge is 0.454 e. The third kappa shape index (κ3) is 1.85. The van der Waals surface area contributed by atoms with Crippen molar-refractivity contribution in [2.45, 2.75) is 12.3 Å². The molecule has 0 fully saturated rings. The molecule has 2 aliphatic rings. The van der Waals surface area contributed by atoms with Crippen molar-refractivity contribution in [2.75, 3.05) is 12.1 Å². The number of carbonyl (C=O) groups is 1. The first-order chi connectivity index (χ1) is 9.70. The number of anilines is 1. The minimum absolute atomic E-state index is 0.00545. The lowest BCUT2D eigenvalue weighted by Crippen LogP contribution is -2.23. The summed E-state index contributed by atoms with van der Waals surface area (Å²) < 4.78 is 11.5. The second-order valence-electron chi connectivity index (χ2n) is 4.74. The van der Waals surface area contributed by atoms with Crippen LogP contribution in [0, 0.1) is 0 Å². The Hall–Kier alpha value is -1.72. The molecule has 0 spiro atoms. The number of amides is 1. The molecule has 2 aliphatic heterocycles. The summed E-state index contributed by atoms with van der Waals surface area (Å²) in [6, 6.07) is 7.62. The number of nitrogens with one attached hydrogen (secondary N) is 1. The molecule has 0 saturated heterocycles. The molecule has 4 nitrogen and oxygen atoms in total. The molecule has 6 heteroatoms. The third-order valence-electron chi connectivity index (χ3n) is 3.52. The average molecular weight is 308 g/mol. The monoisotopic (exact) mass is 307 g/mol. The summed E-state index contributed by atoms with van der Waals surface area (Å²) in [6.45, 7) is 0.224. The molecule has 2 aromatic rings. The van der Waals surface area contributed by atoms with Crippen molar-refractivity contribution >= 4 is 34.5 Å². The number of benzene rings is 1. The second kappa shape index (κ2) is 4.40. The molecular weight excluding hydrogens is 298 g/mol. The van der Waals surface area contributed by atoms with Gasteiger partial charge in [-0.25, -0.2) is 0 Å². The molecule has 0 radical (unpaired) electrons. The molecule has 20 heavy (non-hydrogen) atoms. The van der Waals surface area contributed by atoms with E-state index in [4.69, 9.17) is 21.1 Å². The van der Waals surface area contributed by atoms with Crippen molar-refractivity contribution in [3.05, 3.63) is 39.0 Å². The highest BCUT2D eigenvalue weighted by atomic mass is 35.5. The van der Waals surface area contributed by atoms with Gasteiger partial charge in [-0.15, -0.1) is 11.3 Å². The highest BCUT2D eigenvalue weighted by Crippen LogP contribution is 2.46. The van der Waals surface area contributed by atoms with E-state index in [1.165, 1.54) is 11.3 Å². The minimum atomic E-state index is 0.00545. The Bertz CT molecular complexity index is 712. The van der Waals surface area contributed by atoms with Gasteiger partial charge in [0.2, 0.25) is 12.7 Å². The Labute approximate surface area is 124 Å². The van der Waals surface area contributed by atoms with E-state index < -0.39 is 0 Å². The van der Waals surface area contributed by atoms with Gasteiger partial charge in [0.15, 0.2) is 11.5 Å². The van der Waals surface area contributed by atoms with Crippen molar-refractivity contribution in [3.63, 3.8) is 0 Å². The van der Waals surface area contributed by atoms with Gasteiger partial charge in [-0.1, -0.05) is 11.6 Å². The molecule has 102 valence electrons. The van der Waals surface area contributed by atoms with Gasteiger partial charge >= 0.3 is 0 Å². The highest BCUT2D eigenvalue weighted by Gasteiger charge is 2.30. The molecule has 1 amide bonds. The van der Waals surface area contributed by atoms with E-state index >= 15 is 0 Å². The molecule has 1 N–H and O–H groups in total. The van der Waals surface area contributed by atoms with Gasteiger partial charge in [-0.2, -0.15) is 0 Å². The Kier molecular flexibility index (Phi) is 2.65. The molecule has 0 aliphatic carbocycles. The Morgan fingerprint density at radius 3 is 2.80 bits per heavy atom. The van der Waals surface area contributed by atoms with Crippen LogP contribution in [0.3, 0.4) is 0 Å². The summed E-state index contributed by atoms with van der Waals surface area (Å²) in [6.07, 6.45) is 0.420. The second-order valence-corrected chi connectivity index (χ2v) is 6.49. The van der Waals surface area contributed by atoms with Crippen molar-refractivity contribution in [1.29, 1.82) is 0 Å². The minimum Gasteiger partial charge on any atom is -0.454 e. The Morgan fingerprint density at radius 1 is 1.25 bits per heavy atom. The van der Waals surface area contributed by atoms with Crippen LogP contribution in [0.2, 0.25) is 4.34 Å². The molecule has 4 rings (SSSR count). The molecule has 3 heterocycles. The summed E-state index contributed by atoms with van der Waals surface area (Å²) in [4.78, 5) is 13.0. The van der Waals surface area contributed by atoms with Gasteiger partial charge < -0.3 is 14.8 Å². The van der Waals surface area contributed by atoms with Gasteiger partial charge in [0.25, 0.3) is 0 Å². The first-order valence-corrected chi connectivity index (χ1v) is 7.39. The number of halogens is 1. The van der Waals surface area contributed by atoms with E-state index in [1.54, 1.807) is 0 Å². The summed E-state index contributed by atoms with van der Waals surface area (Å²) in [5, 5.41) is 2.89. The fourth-order valence-electron chi connectivity index (χ4n) is 2.62. The maximum atomic E-state index is 11.9. The molecule has 0 saturated carbocycles. The zero-order valence-electron chi connectivity index (χ0n) is 10.3. The van der Waals surface area contributed by atoms with Crippen molar-refractivity contribution in [3.8, 4) is 11.5 Å². The summed E-state index contributed by atoms with van der Waals surface area (Å²) in [5.41, 5.74) is 1.84. The maximum absolute atomic E-state index is 11.9. The zero-order chi connectivity index (χ0) is 13.7. The van der Waals surface area contributed by atoms with Crippen LogP contribution in [0.1, 0.15) is 22.8 Å². The van der Waals surface area contributed by atoms with E-state index in [2.05, 4.69) is 5.32 Å². The van der Waals surface area contributed by atoms with E-state index in [9.17, 15) is 4.79 Å². The normalized spacial score (nSPS) is 19.6. The number of hydrogen-bond donors (Lipinski definition) is 1. The summed E-state index contributed by atoms with van der Waals surface area (Å²) in [5.74, 6) is 1.43. The lowest BCUT2D eigenvalue weighted by molar-refractivity contribution is -0.116. The van der Waals surface area contributed by atoms with Crippen LogP contribution in [0.15, 0.2) is 24.3 Å². The fourth-order valence-corrected chi connectivity index (χ4v) is 3.80. The molecule has 0 bridgehead atoms. The smallest absolute Gasteiger partial charge is 0.231 e. The number of thiophene rings is 1. The third-order valence-corrected chi connectivity index (χ3v) is 4.87. The van der Waals surface area contributed by atoms with Crippen LogP contribution in [-0.2, 0) is 4.79 Å². The summed E-state index contributed by atoms with van der Waals surface area (Å²) >= 11 is 7.52. The molecule has 1 atom stereocenters. The number of fused-ring (bicyclic) bond motifs is 2. The molecule has 1 aromatic heterocycles. The topological polar surface area (TPSA) is 47.6 Å². The van der Waals surface area contributed by atoms with Crippen molar-refractivity contribution in [2.24, 2.45) is 0 Å². The van der Waals surface area contributed by atoms with Gasteiger partial charge in [-0.05, 0) is 23.8 Å². The highest BCUT2D eigenvalue weighted by molar-refractivity contribution is 7.16. The number of rotatable bonds is 1. The van der Waals surface area contributed by atoms with Crippen LogP contribution in [0.4, 0.5) is 5.69 Å². The van der Waals surface area contributed by atoms with E-state index in [-0.39, 0.29) is 18.6 Å². The van der Waals surface area contributed by atoms with Crippen LogP contribution in [-0.4, -0.2) is 12.7 Å². The fraction of sp³-hybridized carbons (Fsp3) is 0.214. The van der Waals surface area contributed by atoms with Crippen LogP contribution in [0.5, 0.6) is 11.5 Å². The van der Waals surface area contributed by atoms with E-state index in [0.717, 1.165) is 26.2 Å². The van der Waals surface area contributed by atoms with E-state index in [1.807, 2.05) is 24.3 Å². The Balaban J connectivity index is 1.85. The van der Waals surface area contributed by atoms with Gasteiger partial charge in [-0.3, -0.25) is 4.79 Å². The predicted octanol–water partition coefficient (Wildman–Crippen LogP) is 3.60. The van der Waals surface area contributed by atoms with Crippen molar-refractivity contribution in [1.82, 2.24) is 0 Å². The molecule has 1 unspecified atom stereocenters. The van der Waals surface area contributed by atoms with Crippen molar-refractivity contribution < 1.29 is 14.3 Å². The van der Waals surface area contributed by atoms with E-state index in [0.29, 0.717) is 12.2 Å². The molecular formula is C14H10ClNO3S. The Morgan fingerprint density at radius 2 is 2.05 bits per heavy atom. The van der Waals surface area contributed by atoms with Crippen LogP contribution in [0.25, 0.3) is 0 Å². The number of carbonyl (C=O) groups excluding carboxylic acids is 1. The lowest BCUT2D eigenvalue weighted by Gasteiger charge is -2.25. The SMILES string of the molecule is O=C1CC(c2ccc(Cl)s2)c2cc3c(cc2N1)OCO3. The van der Waals surface area contributed by atoms with Crippen LogP contribution >= 0.6 is 22.9 Å². The first-order valence-electron chi connectivity index (χ1n) is 6.19. The lowest BCUT2D eigenvalue weighted by atomic mass is 9.89. The van der Waals surface area contributed by atoms with Gasteiger partial charge in [0.05, 0.1) is 4.34 Å². The standard InChI is InChI=1S/C14H10ClNO3S/c15-13-2-1-12(20-13)8-4-14(17)16-9-5-11-10(3-7(8)9)18-6-19-11/h1-3,5,8H,4,6H2,(H,16,17). The van der Waals surface area contributed by atoms with Gasteiger partial charge in [0.1, 0.15) is 0 Å². The maximum Gasteiger partial charge on any atom is 0.231 e. The first kappa shape index (κ1) is 12.1. The number of ether oxygens (including phenoxy) is 2. The predicted molar refractivity (Wildman–Crippen MR) is 77.0 cm³/mol. The summed E-state index contributed by atoms with van der Waals surface area (Å²) in [7, 11) is 0. The quantitative estimate of drug-likeness (QED) is 0.875. The average Bonchev–Trinajstić information content (AvgIpc) is 3.03. The molecule has 1 aromatic carbocycles.